The van der Waals surface area contributed by atoms with E-state index >= 15 is 0 Å². The van der Waals surface area contributed by atoms with Gasteiger partial charge in [0.1, 0.15) is 5.56 Å². The molecule has 1 aromatic heterocycles. The molecular weight excluding hydrogens is 387 g/mol. The van der Waals surface area contributed by atoms with Crippen LogP contribution in [0.1, 0.15) is 27.3 Å². The molecule has 2 N–H and O–H groups in total. The van der Waals surface area contributed by atoms with E-state index in [0.29, 0.717) is 32.6 Å². The zero-order valence-corrected chi connectivity index (χ0v) is 16.1. The van der Waals surface area contributed by atoms with Crippen LogP contribution in [0.5, 0.6) is 0 Å². The van der Waals surface area contributed by atoms with E-state index in [-0.39, 0.29) is 5.84 Å². The molecule has 0 bridgehead atoms. The maximum atomic E-state index is 12.5. The molecule has 0 saturated heterocycles. The van der Waals surface area contributed by atoms with Crippen LogP contribution in [-0.4, -0.2) is 21.6 Å². The Morgan fingerprint density at radius 1 is 1.15 bits per heavy atom. The lowest BCUT2D eigenvalue weighted by molar-refractivity contribution is 0.0514. The number of amidine groups is 1. The van der Waals surface area contributed by atoms with Crippen LogP contribution in [0.15, 0.2) is 53.7 Å². The van der Waals surface area contributed by atoms with E-state index < -0.39 is 5.97 Å². The molecule has 0 unspecified atom stereocenters. The minimum Gasteiger partial charge on any atom is -0.380 e. The summed E-state index contributed by atoms with van der Waals surface area (Å²) in [6, 6.07) is 14.2. The number of aromatic nitrogens is 2. The number of benzene rings is 2. The third-order valence-electron chi connectivity index (χ3n) is 3.93. The Kier molecular flexibility index (Phi) is 5.48. The Bertz CT molecular complexity index is 1030. The van der Waals surface area contributed by atoms with Crippen LogP contribution in [-0.2, 0) is 4.84 Å². The Hall–Kier alpha value is -2.83. The molecule has 0 aliphatic carbocycles. The number of halogens is 2. The van der Waals surface area contributed by atoms with E-state index in [0.717, 1.165) is 5.69 Å². The second-order valence-corrected chi connectivity index (χ2v) is 6.62. The first kappa shape index (κ1) is 18.9. The summed E-state index contributed by atoms with van der Waals surface area (Å²) in [4.78, 5) is 17.5. The molecule has 0 aliphatic heterocycles. The highest BCUT2D eigenvalue weighted by molar-refractivity contribution is 6.36. The van der Waals surface area contributed by atoms with Crippen LogP contribution in [0.4, 0.5) is 0 Å². The number of oxime groups is 1. The minimum atomic E-state index is -0.653. The molecule has 0 amide bonds. The van der Waals surface area contributed by atoms with E-state index in [9.17, 15) is 4.79 Å². The molecule has 8 heteroatoms. The fourth-order valence-electron chi connectivity index (χ4n) is 2.64. The van der Waals surface area contributed by atoms with Gasteiger partial charge in [0, 0.05) is 10.6 Å². The maximum Gasteiger partial charge on any atom is 0.369 e. The van der Waals surface area contributed by atoms with Gasteiger partial charge < -0.3 is 10.6 Å². The normalized spacial score (nSPS) is 11.5. The molecule has 138 valence electrons. The lowest BCUT2D eigenvalue weighted by Gasteiger charge is -2.05. The van der Waals surface area contributed by atoms with Crippen molar-refractivity contribution >= 4 is 35.0 Å². The lowest BCUT2D eigenvalue weighted by Crippen LogP contribution is -2.16. The largest absolute Gasteiger partial charge is 0.380 e. The summed E-state index contributed by atoms with van der Waals surface area (Å²) in [5.74, 6) is -0.684. The van der Waals surface area contributed by atoms with Crippen LogP contribution in [0.25, 0.3) is 5.69 Å². The van der Waals surface area contributed by atoms with Gasteiger partial charge in [-0.2, -0.15) is 5.10 Å². The van der Waals surface area contributed by atoms with Gasteiger partial charge in [0.2, 0.25) is 0 Å². The molecule has 2 aromatic carbocycles. The van der Waals surface area contributed by atoms with E-state index in [1.54, 1.807) is 30.7 Å². The molecule has 6 nitrogen and oxygen atoms in total. The number of hydrogen-bond acceptors (Lipinski definition) is 4. The summed E-state index contributed by atoms with van der Waals surface area (Å²) < 4.78 is 1.68. The summed E-state index contributed by atoms with van der Waals surface area (Å²) in [6.45, 7) is 3.51. The number of nitrogens with zero attached hydrogens (tertiary/aromatic N) is 3. The number of aryl methyl sites for hydroxylation is 1. The van der Waals surface area contributed by atoms with Gasteiger partial charge >= 0.3 is 5.97 Å². The van der Waals surface area contributed by atoms with Crippen molar-refractivity contribution in [3.63, 3.8) is 0 Å². The highest BCUT2D eigenvalue weighted by Gasteiger charge is 2.21. The van der Waals surface area contributed by atoms with Crippen LogP contribution >= 0.6 is 23.2 Å². The Morgan fingerprint density at radius 2 is 1.85 bits per heavy atom. The zero-order valence-electron chi connectivity index (χ0n) is 14.6. The number of hydrogen-bond donors (Lipinski definition) is 1. The Labute approximate surface area is 166 Å². The Morgan fingerprint density at radius 3 is 2.52 bits per heavy atom. The second-order valence-electron chi connectivity index (χ2n) is 5.77. The van der Waals surface area contributed by atoms with Crippen molar-refractivity contribution in [3.05, 3.63) is 81.1 Å². The molecule has 3 rings (SSSR count). The van der Waals surface area contributed by atoms with Crippen molar-refractivity contribution in [1.82, 2.24) is 9.78 Å². The topological polar surface area (TPSA) is 82.5 Å². The fourth-order valence-corrected chi connectivity index (χ4v) is 3.15. The first-order valence-electron chi connectivity index (χ1n) is 8.00. The molecule has 3 aromatic rings. The predicted octanol–water partition coefficient (Wildman–Crippen LogP) is 4.27. The summed E-state index contributed by atoms with van der Waals surface area (Å²) in [5, 5.41) is 8.89. The highest BCUT2D eigenvalue weighted by Crippen LogP contribution is 2.22. The molecule has 0 atom stereocenters. The van der Waals surface area contributed by atoms with E-state index in [2.05, 4.69) is 10.3 Å². The first-order chi connectivity index (χ1) is 12.9. The summed E-state index contributed by atoms with van der Waals surface area (Å²) in [6.07, 6.45) is 0. The van der Waals surface area contributed by atoms with Gasteiger partial charge in [-0.3, -0.25) is 0 Å². The quantitative estimate of drug-likeness (QED) is 0.305. The highest BCUT2D eigenvalue weighted by atomic mass is 35.5. The number of carbonyl (C=O) groups excluding carboxylic acids is 1. The molecule has 0 aliphatic rings. The smallest absolute Gasteiger partial charge is 0.369 e. The van der Waals surface area contributed by atoms with Crippen molar-refractivity contribution in [2.24, 2.45) is 10.9 Å². The zero-order chi connectivity index (χ0) is 19.6. The van der Waals surface area contributed by atoms with Crippen LogP contribution in [0.2, 0.25) is 10.0 Å². The molecule has 0 radical (unpaired) electrons. The third-order valence-corrected chi connectivity index (χ3v) is 4.48. The Balaban J connectivity index is 1.85. The van der Waals surface area contributed by atoms with E-state index in [1.807, 2.05) is 30.3 Å². The lowest BCUT2D eigenvalue weighted by atomic mass is 10.2. The van der Waals surface area contributed by atoms with Crippen molar-refractivity contribution < 1.29 is 9.63 Å². The van der Waals surface area contributed by atoms with Crippen LogP contribution < -0.4 is 5.73 Å². The molecule has 27 heavy (non-hydrogen) atoms. The molecule has 0 fully saturated rings. The first-order valence-corrected chi connectivity index (χ1v) is 8.76. The van der Waals surface area contributed by atoms with Crippen molar-refractivity contribution in [2.75, 3.05) is 0 Å². The molecule has 0 saturated carbocycles. The number of carbonyl (C=O) groups is 1. The second kappa shape index (κ2) is 7.82. The van der Waals surface area contributed by atoms with Crippen molar-refractivity contribution in [1.29, 1.82) is 0 Å². The SMILES string of the molecule is Cc1nn(-c2ccccc2)c(C)c1C(=O)O/N=C(\N)c1ccc(Cl)cc1Cl. The number of nitrogens with two attached hydrogens (primary N) is 1. The van der Waals surface area contributed by atoms with Crippen molar-refractivity contribution in [3.8, 4) is 5.69 Å². The van der Waals surface area contributed by atoms with Crippen LogP contribution in [0.3, 0.4) is 0 Å². The van der Waals surface area contributed by atoms with Gasteiger partial charge in [0.25, 0.3) is 0 Å². The average molecular weight is 403 g/mol. The van der Waals surface area contributed by atoms with E-state index in [4.69, 9.17) is 33.8 Å². The van der Waals surface area contributed by atoms with Gasteiger partial charge in [-0.15, -0.1) is 0 Å². The molecular formula is C19H16Cl2N4O2. The fraction of sp³-hybridized carbons (Fsp3) is 0.105. The number of para-hydroxylation sites is 1. The van der Waals surface area contributed by atoms with Gasteiger partial charge in [0.05, 0.1) is 22.1 Å². The molecule has 1 heterocycles. The standard InChI is InChI=1S/C19H16Cl2N4O2/c1-11-17(12(2)25(23-11)14-6-4-3-5-7-14)19(26)27-24-18(22)15-9-8-13(20)10-16(15)21/h3-10H,1-2H3,(H2,22,24). The van der Waals surface area contributed by atoms with Gasteiger partial charge in [-0.05, 0) is 44.2 Å². The maximum absolute atomic E-state index is 12.5. The summed E-state index contributed by atoms with van der Waals surface area (Å²) >= 11 is 11.9. The summed E-state index contributed by atoms with van der Waals surface area (Å²) in [7, 11) is 0. The monoisotopic (exact) mass is 402 g/mol. The van der Waals surface area contributed by atoms with Crippen molar-refractivity contribution in [2.45, 2.75) is 13.8 Å². The van der Waals surface area contributed by atoms with Gasteiger partial charge in [-0.1, -0.05) is 46.6 Å². The third kappa shape index (κ3) is 3.97. The molecule has 0 spiro atoms. The predicted molar refractivity (Wildman–Crippen MR) is 106 cm³/mol. The minimum absolute atomic E-state index is 0.0317. The van der Waals surface area contributed by atoms with Gasteiger partial charge in [0.15, 0.2) is 5.84 Å². The van der Waals surface area contributed by atoms with Crippen LogP contribution in [0, 0.1) is 13.8 Å². The van der Waals surface area contributed by atoms with Gasteiger partial charge in [-0.25, -0.2) is 9.48 Å². The summed E-state index contributed by atoms with van der Waals surface area (Å²) in [5.41, 5.74) is 8.63. The number of rotatable bonds is 4. The van der Waals surface area contributed by atoms with E-state index in [1.165, 1.54) is 6.07 Å². The average Bonchev–Trinajstić information content (AvgIpc) is 2.94.